The third-order valence-corrected chi connectivity index (χ3v) is 3.09. The molecule has 0 aromatic carbocycles. The highest BCUT2D eigenvalue weighted by atomic mass is 32.1. The van der Waals surface area contributed by atoms with Crippen LogP contribution in [-0.4, -0.2) is 41.2 Å². The number of esters is 2. The van der Waals surface area contributed by atoms with E-state index in [2.05, 4.69) is 23.3 Å². The van der Waals surface area contributed by atoms with Gasteiger partial charge in [0.2, 0.25) is 5.91 Å². The lowest BCUT2D eigenvalue weighted by atomic mass is 10.0. The molecule has 1 rings (SSSR count). The van der Waals surface area contributed by atoms with Gasteiger partial charge in [0.05, 0.1) is 0 Å². The summed E-state index contributed by atoms with van der Waals surface area (Å²) in [7, 11) is 0. The van der Waals surface area contributed by atoms with Gasteiger partial charge in [0, 0.05) is 11.7 Å². The number of nitrogens with one attached hydrogen (secondary N) is 2. The molecule has 7 heteroatoms. The third-order valence-electron chi connectivity index (χ3n) is 2.84. The lowest BCUT2D eigenvalue weighted by Crippen LogP contribution is -2.52. The maximum absolute atomic E-state index is 12.0. The van der Waals surface area contributed by atoms with Crippen LogP contribution in [0, 0.1) is 0 Å². The molecule has 1 aliphatic heterocycles. The Kier molecular flexibility index (Phi) is 5.37. The summed E-state index contributed by atoms with van der Waals surface area (Å²) in [6, 6.07) is -1.41. The van der Waals surface area contributed by atoms with Crippen LogP contribution in [0.3, 0.4) is 0 Å². The van der Waals surface area contributed by atoms with Crippen LogP contribution in [-0.2, 0) is 19.1 Å². The summed E-state index contributed by atoms with van der Waals surface area (Å²) in [4.78, 5) is 34.8. The molecule has 0 radical (unpaired) electrons. The molecule has 2 atom stereocenters. The first-order valence-electron chi connectivity index (χ1n) is 6.20. The van der Waals surface area contributed by atoms with Crippen LogP contribution in [0.4, 0.5) is 0 Å². The Bertz CT molecular complexity index is 372. The molecule has 1 aliphatic rings. The number of amides is 1. The van der Waals surface area contributed by atoms with Crippen molar-refractivity contribution in [1.82, 2.24) is 10.6 Å². The molecule has 6 nitrogen and oxygen atoms in total. The second-order valence-electron chi connectivity index (χ2n) is 5.18. The van der Waals surface area contributed by atoms with Crippen LogP contribution in [0.25, 0.3) is 0 Å². The molecule has 0 spiro atoms. The van der Waals surface area contributed by atoms with Crippen molar-refractivity contribution in [3.63, 3.8) is 0 Å². The molecule has 0 bridgehead atoms. The summed E-state index contributed by atoms with van der Waals surface area (Å²) in [6.45, 7) is 5.35. The predicted molar refractivity (Wildman–Crippen MR) is 72.8 cm³/mol. The van der Waals surface area contributed by atoms with Crippen molar-refractivity contribution in [2.24, 2.45) is 0 Å². The Morgan fingerprint density at radius 2 is 2.05 bits per heavy atom. The SMILES string of the molecule is CC(=O)NC(C(=O)OC(=O)[C@@H]1CCCN1)C(C)(C)S. The standard InChI is InChI=1S/C12H20N2O4S/c1-7(15)14-9(12(2,3)19)11(17)18-10(16)8-5-4-6-13-8/h8-9,13,19H,4-6H2,1-3H3,(H,14,15)/t8-,9?/m0/s1. The average Bonchev–Trinajstić information content (AvgIpc) is 2.77. The first-order valence-corrected chi connectivity index (χ1v) is 6.65. The highest BCUT2D eigenvalue weighted by molar-refractivity contribution is 7.81. The molecular weight excluding hydrogens is 268 g/mol. The van der Waals surface area contributed by atoms with Crippen molar-refractivity contribution in [3.8, 4) is 0 Å². The summed E-state index contributed by atoms with van der Waals surface area (Å²) in [5.74, 6) is -1.76. The number of hydrogen-bond donors (Lipinski definition) is 3. The van der Waals surface area contributed by atoms with Crippen LogP contribution < -0.4 is 10.6 Å². The molecule has 0 aromatic heterocycles. The van der Waals surface area contributed by atoms with Gasteiger partial charge in [0.25, 0.3) is 0 Å². The molecule has 108 valence electrons. The fourth-order valence-corrected chi connectivity index (χ4v) is 2.01. The quantitative estimate of drug-likeness (QED) is 0.386. The van der Waals surface area contributed by atoms with E-state index in [0.717, 1.165) is 13.0 Å². The van der Waals surface area contributed by atoms with E-state index in [1.807, 2.05) is 0 Å². The molecular formula is C12H20N2O4S. The van der Waals surface area contributed by atoms with Crippen LogP contribution in [0.2, 0.25) is 0 Å². The number of carbonyl (C=O) groups excluding carboxylic acids is 3. The summed E-state index contributed by atoms with van der Waals surface area (Å²) in [5, 5.41) is 5.40. The average molecular weight is 288 g/mol. The molecule has 0 aliphatic carbocycles. The monoisotopic (exact) mass is 288 g/mol. The van der Waals surface area contributed by atoms with E-state index in [-0.39, 0.29) is 5.91 Å². The lowest BCUT2D eigenvalue weighted by Gasteiger charge is -2.28. The molecule has 1 fully saturated rings. The number of ether oxygens (including phenoxy) is 1. The zero-order valence-electron chi connectivity index (χ0n) is 11.4. The van der Waals surface area contributed by atoms with Gasteiger partial charge >= 0.3 is 11.9 Å². The highest BCUT2D eigenvalue weighted by Gasteiger charge is 2.37. The van der Waals surface area contributed by atoms with Crippen molar-refractivity contribution in [1.29, 1.82) is 0 Å². The van der Waals surface area contributed by atoms with Crippen molar-refractivity contribution < 1.29 is 19.1 Å². The lowest BCUT2D eigenvalue weighted by molar-refractivity contribution is -0.163. The van der Waals surface area contributed by atoms with E-state index < -0.39 is 28.8 Å². The molecule has 0 saturated carbocycles. The molecule has 19 heavy (non-hydrogen) atoms. The second-order valence-corrected chi connectivity index (χ2v) is 6.33. The molecule has 2 N–H and O–H groups in total. The van der Waals surface area contributed by atoms with Gasteiger partial charge in [0.1, 0.15) is 12.1 Å². The number of hydrogen-bond acceptors (Lipinski definition) is 6. The van der Waals surface area contributed by atoms with E-state index in [0.29, 0.717) is 6.42 Å². The Morgan fingerprint density at radius 1 is 1.42 bits per heavy atom. The molecule has 1 amide bonds. The van der Waals surface area contributed by atoms with E-state index in [9.17, 15) is 14.4 Å². The number of thiol groups is 1. The smallest absolute Gasteiger partial charge is 0.337 e. The number of carbonyl (C=O) groups is 3. The summed E-state index contributed by atoms with van der Waals surface area (Å²) < 4.78 is 3.99. The van der Waals surface area contributed by atoms with Crippen molar-refractivity contribution in [3.05, 3.63) is 0 Å². The van der Waals surface area contributed by atoms with E-state index in [1.165, 1.54) is 6.92 Å². The molecule has 1 unspecified atom stereocenters. The van der Waals surface area contributed by atoms with Gasteiger partial charge in [-0.25, -0.2) is 9.59 Å². The largest absolute Gasteiger partial charge is 0.390 e. The van der Waals surface area contributed by atoms with Crippen LogP contribution in [0.5, 0.6) is 0 Å². The fraction of sp³-hybridized carbons (Fsp3) is 0.750. The zero-order chi connectivity index (χ0) is 14.6. The number of rotatable bonds is 4. The first-order chi connectivity index (χ1) is 8.71. The first kappa shape index (κ1) is 16.0. The van der Waals surface area contributed by atoms with Crippen LogP contribution >= 0.6 is 12.6 Å². The summed E-state index contributed by atoms with van der Waals surface area (Å²) >= 11 is 4.25. The second kappa shape index (κ2) is 6.38. The minimum Gasteiger partial charge on any atom is -0.390 e. The molecule has 1 heterocycles. The summed E-state index contributed by atoms with van der Waals surface area (Å²) in [5.41, 5.74) is 0. The van der Waals surface area contributed by atoms with Crippen molar-refractivity contribution in [2.45, 2.75) is 50.4 Å². The van der Waals surface area contributed by atoms with Crippen molar-refractivity contribution in [2.75, 3.05) is 6.54 Å². The minimum atomic E-state index is -0.973. The maximum atomic E-state index is 12.0. The van der Waals surface area contributed by atoms with Gasteiger partial charge in [0.15, 0.2) is 0 Å². The van der Waals surface area contributed by atoms with Gasteiger partial charge in [-0.1, -0.05) is 0 Å². The topological polar surface area (TPSA) is 84.5 Å². The van der Waals surface area contributed by atoms with E-state index in [1.54, 1.807) is 13.8 Å². The Morgan fingerprint density at radius 3 is 2.47 bits per heavy atom. The molecule has 1 saturated heterocycles. The Labute approximate surface area is 118 Å². The fourth-order valence-electron chi connectivity index (χ4n) is 1.84. The van der Waals surface area contributed by atoms with Crippen molar-refractivity contribution >= 4 is 30.5 Å². The van der Waals surface area contributed by atoms with Gasteiger partial charge in [-0.05, 0) is 33.2 Å². The zero-order valence-corrected chi connectivity index (χ0v) is 12.3. The highest BCUT2D eigenvalue weighted by Crippen LogP contribution is 2.19. The maximum Gasteiger partial charge on any atom is 0.337 e. The third kappa shape index (κ3) is 4.83. The van der Waals surface area contributed by atoms with E-state index >= 15 is 0 Å². The van der Waals surface area contributed by atoms with Gasteiger partial charge in [-0.15, -0.1) is 0 Å². The van der Waals surface area contributed by atoms with Crippen LogP contribution in [0.1, 0.15) is 33.6 Å². The van der Waals surface area contributed by atoms with Crippen LogP contribution in [0.15, 0.2) is 0 Å². The van der Waals surface area contributed by atoms with Gasteiger partial charge in [-0.3, -0.25) is 4.79 Å². The Balaban J connectivity index is 2.66. The normalized spacial score (nSPS) is 20.7. The summed E-state index contributed by atoms with van der Waals surface area (Å²) in [6.07, 6.45) is 1.53. The van der Waals surface area contributed by atoms with Gasteiger partial charge < -0.3 is 15.4 Å². The van der Waals surface area contributed by atoms with E-state index in [4.69, 9.17) is 4.74 Å². The minimum absolute atomic E-state index is 0.379. The Hall–Kier alpha value is -1.08. The predicted octanol–water partition coefficient (Wildman–Crippen LogP) is 0.0213. The van der Waals surface area contributed by atoms with Gasteiger partial charge in [-0.2, -0.15) is 12.6 Å². The molecule has 0 aromatic rings.